The molecule has 0 fully saturated rings. The minimum atomic E-state index is -0.0705. The Hall–Kier alpha value is -2.76. The molecule has 0 saturated carbocycles. The van der Waals surface area contributed by atoms with Gasteiger partial charge in [0, 0.05) is 17.5 Å². The topological polar surface area (TPSA) is 49.0 Å². The number of benzene rings is 2. The molecule has 2 aromatic heterocycles. The van der Waals surface area contributed by atoms with Gasteiger partial charge in [0.05, 0.1) is 11.9 Å². The van der Waals surface area contributed by atoms with Crippen molar-refractivity contribution in [1.29, 1.82) is 0 Å². The molecule has 1 N–H and O–H groups in total. The van der Waals surface area contributed by atoms with Gasteiger partial charge in [0.15, 0.2) is 0 Å². The van der Waals surface area contributed by atoms with Gasteiger partial charge in [-0.05, 0) is 25.1 Å². The van der Waals surface area contributed by atoms with Gasteiger partial charge in [-0.2, -0.15) is 0 Å². The molecule has 0 amide bonds. The Morgan fingerprint density at radius 1 is 1.04 bits per heavy atom. The first kappa shape index (κ1) is 17.6. The highest BCUT2D eigenvalue weighted by molar-refractivity contribution is 7.17. The van der Waals surface area contributed by atoms with Crippen LogP contribution in [-0.4, -0.2) is 21.9 Å². The Bertz CT molecular complexity index is 1110. The molecule has 0 aliphatic carbocycles. The number of aromatic nitrogens is 2. The summed E-state index contributed by atoms with van der Waals surface area (Å²) in [4.78, 5) is 23.3. The Balaban J connectivity index is 1.58. The van der Waals surface area contributed by atoms with Crippen molar-refractivity contribution in [2.45, 2.75) is 20.0 Å². The second kappa shape index (κ2) is 7.47. The number of nitrogens with zero attached hydrogens (tertiary/aromatic N) is 2. The number of hydrogen-bond acceptors (Lipinski definition) is 4. The molecule has 4 aromatic rings. The first-order chi connectivity index (χ1) is 13.1. The Labute approximate surface area is 162 Å². The molecule has 0 unspecified atom stereocenters. The normalized spacial score (nSPS) is 11.4. The zero-order valence-electron chi connectivity index (χ0n) is 15.4. The number of aromatic amines is 1. The largest absolute Gasteiger partial charge is 0.309 e. The van der Waals surface area contributed by atoms with Crippen LogP contribution in [0.2, 0.25) is 0 Å². The predicted octanol–water partition coefficient (Wildman–Crippen LogP) is 4.59. The predicted molar refractivity (Wildman–Crippen MR) is 112 cm³/mol. The molecule has 27 heavy (non-hydrogen) atoms. The number of H-pyrrole nitrogens is 1. The van der Waals surface area contributed by atoms with E-state index in [4.69, 9.17) is 4.98 Å². The summed E-state index contributed by atoms with van der Waals surface area (Å²) in [5.74, 6) is 0.698. The summed E-state index contributed by atoms with van der Waals surface area (Å²) in [7, 11) is 2.04. The Morgan fingerprint density at radius 3 is 2.52 bits per heavy atom. The first-order valence-electron chi connectivity index (χ1n) is 8.90. The monoisotopic (exact) mass is 375 g/mol. The van der Waals surface area contributed by atoms with E-state index >= 15 is 0 Å². The van der Waals surface area contributed by atoms with Gasteiger partial charge in [0.1, 0.15) is 10.7 Å². The number of hydrogen-bond donors (Lipinski definition) is 1. The van der Waals surface area contributed by atoms with Gasteiger partial charge in [0.2, 0.25) is 0 Å². The fraction of sp³-hybridized carbons (Fsp3) is 0.182. The highest BCUT2D eigenvalue weighted by atomic mass is 32.1. The molecule has 2 heterocycles. The van der Waals surface area contributed by atoms with Gasteiger partial charge in [-0.3, -0.25) is 9.69 Å². The van der Waals surface area contributed by atoms with E-state index < -0.39 is 0 Å². The lowest BCUT2D eigenvalue weighted by Crippen LogP contribution is -2.21. The van der Waals surface area contributed by atoms with Crippen molar-refractivity contribution in [3.8, 4) is 11.1 Å². The van der Waals surface area contributed by atoms with Gasteiger partial charge in [-0.25, -0.2) is 4.98 Å². The maximum absolute atomic E-state index is 12.7. The van der Waals surface area contributed by atoms with Crippen molar-refractivity contribution >= 4 is 21.6 Å². The molecule has 0 saturated heterocycles. The van der Waals surface area contributed by atoms with E-state index in [2.05, 4.69) is 41.1 Å². The summed E-state index contributed by atoms with van der Waals surface area (Å²) in [5, 5.41) is 2.69. The molecule has 0 atom stereocenters. The fourth-order valence-corrected chi connectivity index (χ4v) is 4.18. The third-order valence-electron chi connectivity index (χ3n) is 4.57. The van der Waals surface area contributed by atoms with Crippen LogP contribution >= 0.6 is 11.3 Å². The average Bonchev–Trinajstić information content (AvgIpc) is 3.09. The van der Waals surface area contributed by atoms with Gasteiger partial charge >= 0.3 is 0 Å². The molecule has 5 heteroatoms. The smallest absolute Gasteiger partial charge is 0.260 e. The average molecular weight is 375 g/mol. The molecule has 4 rings (SSSR count). The zero-order chi connectivity index (χ0) is 18.8. The summed E-state index contributed by atoms with van der Waals surface area (Å²) >= 11 is 1.52. The Kier molecular flexibility index (Phi) is 4.88. The van der Waals surface area contributed by atoms with Crippen molar-refractivity contribution < 1.29 is 0 Å². The van der Waals surface area contributed by atoms with E-state index in [0.29, 0.717) is 17.8 Å². The SMILES string of the molecule is Cc1ccc(CN(C)Cc2nc3scc(-c4ccccc4)c3c(=O)[nH]2)cc1. The summed E-state index contributed by atoms with van der Waals surface area (Å²) < 4.78 is 0. The first-order valence-corrected chi connectivity index (χ1v) is 9.78. The maximum Gasteiger partial charge on any atom is 0.260 e. The van der Waals surface area contributed by atoms with Crippen molar-refractivity contribution in [3.63, 3.8) is 0 Å². The van der Waals surface area contributed by atoms with Crippen LogP contribution in [-0.2, 0) is 13.1 Å². The van der Waals surface area contributed by atoms with Crippen LogP contribution in [0.15, 0.2) is 64.8 Å². The maximum atomic E-state index is 12.7. The second-order valence-corrected chi connectivity index (χ2v) is 7.72. The summed E-state index contributed by atoms with van der Waals surface area (Å²) in [6.45, 7) is 3.49. The van der Waals surface area contributed by atoms with Gasteiger partial charge < -0.3 is 4.98 Å². The van der Waals surface area contributed by atoms with Crippen LogP contribution in [0.25, 0.3) is 21.3 Å². The molecule has 0 spiro atoms. The highest BCUT2D eigenvalue weighted by Crippen LogP contribution is 2.30. The molecule has 2 aromatic carbocycles. The van der Waals surface area contributed by atoms with Crippen molar-refractivity contribution in [3.05, 3.63) is 87.3 Å². The van der Waals surface area contributed by atoms with Crippen molar-refractivity contribution in [2.24, 2.45) is 0 Å². The van der Waals surface area contributed by atoms with E-state index in [9.17, 15) is 4.79 Å². The number of thiophene rings is 1. The number of nitrogens with one attached hydrogen (secondary N) is 1. The molecule has 4 nitrogen and oxygen atoms in total. The van der Waals surface area contributed by atoms with E-state index in [0.717, 1.165) is 22.5 Å². The Morgan fingerprint density at radius 2 is 1.78 bits per heavy atom. The zero-order valence-corrected chi connectivity index (χ0v) is 16.2. The quantitative estimate of drug-likeness (QED) is 0.555. The minimum absolute atomic E-state index is 0.0705. The summed E-state index contributed by atoms with van der Waals surface area (Å²) in [6, 6.07) is 18.5. The van der Waals surface area contributed by atoms with Gasteiger partial charge in [0.25, 0.3) is 5.56 Å². The third kappa shape index (κ3) is 3.84. The molecule has 0 bridgehead atoms. The van der Waals surface area contributed by atoms with Crippen molar-refractivity contribution in [1.82, 2.24) is 14.9 Å². The van der Waals surface area contributed by atoms with E-state index in [1.165, 1.54) is 22.5 Å². The third-order valence-corrected chi connectivity index (χ3v) is 5.44. The van der Waals surface area contributed by atoms with Gasteiger partial charge in [-0.15, -0.1) is 11.3 Å². The van der Waals surface area contributed by atoms with Crippen LogP contribution < -0.4 is 5.56 Å². The number of rotatable bonds is 5. The lowest BCUT2D eigenvalue weighted by atomic mass is 10.1. The van der Waals surface area contributed by atoms with E-state index in [1.54, 1.807) is 0 Å². The molecule has 0 radical (unpaired) electrons. The van der Waals surface area contributed by atoms with E-state index in [1.807, 2.05) is 42.8 Å². The van der Waals surface area contributed by atoms with E-state index in [-0.39, 0.29) is 5.56 Å². The molecule has 0 aliphatic rings. The molecule has 0 aliphatic heterocycles. The van der Waals surface area contributed by atoms with Gasteiger partial charge in [-0.1, -0.05) is 60.2 Å². The van der Waals surface area contributed by atoms with Crippen LogP contribution in [0.1, 0.15) is 17.0 Å². The molecular weight excluding hydrogens is 354 g/mol. The molecular formula is C22H21N3OS. The fourth-order valence-electron chi connectivity index (χ4n) is 3.22. The van der Waals surface area contributed by atoms with Crippen molar-refractivity contribution in [2.75, 3.05) is 7.05 Å². The highest BCUT2D eigenvalue weighted by Gasteiger charge is 2.13. The number of aryl methyl sites for hydroxylation is 1. The lowest BCUT2D eigenvalue weighted by molar-refractivity contribution is 0.311. The standard InChI is InChI=1S/C22H21N3OS/c1-15-8-10-16(11-9-15)12-25(2)13-19-23-21(26)20-18(14-27-22(20)24-19)17-6-4-3-5-7-17/h3-11,14H,12-13H2,1-2H3,(H,23,24,26). The van der Waals surface area contributed by atoms with Crippen LogP contribution in [0.3, 0.4) is 0 Å². The van der Waals surface area contributed by atoms with Crippen LogP contribution in [0.5, 0.6) is 0 Å². The lowest BCUT2D eigenvalue weighted by Gasteiger charge is -2.16. The van der Waals surface area contributed by atoms with Crippen LogP contribution in [0, 0.1) is 6.92 Å². The second-order valence-electron chi connectivity index (χ2n) is 6.87. The summed E-state index contributed by atoms with van der Waals surface area (Å²) in [6.07, 6.45) is 0. The van der Waals surface area contributed by atoms with Crippen LogP contribution in [0.4, 0.5) is 0 Å². The number of fused-ring (bicyclic) bond motifs is 1. The summed E-state index contributed by atoms with van der Waals surface area (Å²) in [5.41, 5.74) is 4.42. The molecule has 136 valence electrons. The minimum Gasteiger partial charge on any atom is -0.309 e.